The molecule has 0 fully saturated rings. The summed E-state index contributed by atoms with van der Waals surface area (Å²) in [7, 11) is 0. The molecule has 0 aliphatic rings. The Labute approximate surface area is 181 Å². The lowest BCUT2D eigenvalue weighted by Gasteiger charge is -2.14. The molecule has 0 radical (unpaired) electrons. The molecule has 0 spiro atoms. The van der Waals surface area contributed by atoms with Crippen LogP contribution in [0, 0.1) is 0 Å². The molecule has 1 N–H and O–H groups in total. The number of nitrogens with one attached hydrogen (secondary N) is 1. The number of rotatable bonds is 8. The first-order valence-electron chi connectivity index (χ1n) is 10.8. The second-order valence-electron chi connectivity index (χ2n) is 7.92. The van der Waals surface area contributed by atoms with Crippen molar-refractivity contribution in [2.75, 3.05) is 0 Å². The van der Waals surface area contributed by atoms with Crippen LogP contribution >= 0.6 is 0 Å². The molecule has 0 saturated carbocycles. The second-order valence-corrected chi connectivity index (χ2v) is 7.92. The van der Waals surface area contributed by atoms with Crippen LogP contribution in [-0.2, 0) is 13.1 Å². The van der Waals surface area contributed by atoms with Gasteiger partial charge in [-0.3, -0.25) is 9.13 Å². The van der Waals surface area contributed by atoms with Crippen molar-refractivity contribution in [3.63, 3.8) is 0 Å². The highest BCUT2D eigenvalue weighted by Gasteiger charge is 2.17. The quantitative estimate of drug-likeness (QED) is 0.459. The third-order valence-electron chi connectivity index (χ3n) is 5.77. The van der Waals surface area contributed by atoms with Crippen LogP contribution in [0.4, 0.5) is 0 Å². The zero-order valence-corrected chi connectivity index (χ0v) is 18.2. The Morgan fingerprint density at radius 2 is 1.87 bits per heavy atom. The van der Waals surface area contributed by atoms with Gasteiger partial charge >= 0.3 is 5.69 Å². The first-order valence-corrected chi connectivity index (χ1v) is 10.8. The highest BCUT2D eigenvalue weighted by Crippen LogP contribution is 2.31. The summed E-state index contributed by atoms with van der Waals surface area (Å²) in [5, 5.41) is 14.5. The lowest BCUT2D eigenvalue weighted by molar-refractivity contribution is 0.605. The molecular formula is C24H28N6O. The van der Waals surface area contributed by atoms with Crippen LogP contribution in [0.2, 0.25) is 0 Å². The minimum atomic E-state index is 0.0483. The maximum Gasteiger partial charge on any atom is 0.328 e. The Bertz CT molecular complexity index is 1190. The number of hydrogen-bond donors (Lipinski definition) is 1. The zero-order valence-electron chi connectivity index (χ0n) is 18.2. The van der Waals surface area contributed by atoms with E-state index in [4.69, 9.17) is 0 Å². The summed E-state index contributed by atoms with van der Waals surface area (Å²) in [5.74, 6) is 0.922. The van der Waals surface area contributed by atoms with Gasteiger partial charge in [-0.1, -0.05) is 63.2 Å². The average Bonchev–Trinajstić information content (AvgIpc) is 3.44. The summed E-state index contributed by atoms with van der Waals surface area (Å²) in [6, 6.07) is 16.4. The number of tetrazole rings is 1. The van der Waals surface area contributed by atoms with E-state index < -0.39 is 0 Å². The van der Waals surface area contributed by atoms with Crippen molar-refractivity contribution in [1.29, 1.82) is 0 Å². The monoisotopic (exact) mass is 416 g/mol. The smallest absolute Gasteiger partial charge is 0.299 e. The predicted octanol–water partition coefficient (Wildman–Crippen LogP) is 4.47. The van der Waals surface area contributed by atoms with Gasteiger partial charge in [-0.15, -0.1) is 5.10 Å². The predicted molar refractivity (Wildman–Crippen MR) is 122 cm³/mol. The molecule has 2 heterocycles. The second kappa shape index (κ2) is 9.12. The van der Waals surface area contributed by atoms with Crippen LogP contribution in [0.25, 0.3) is 22.5 Å². The Kier molecular flexibility index (Phi) is 6.11. The van der Waals surface area contributed by atoms with E-state index in [0.717, 1.165) is 47.3 Å². The Balaban J connectivity index is 1.79. The normalized spacial score (nSPS) is 12.2. The topological polar surface area (TPSA) is 81.4 Å². The summed E-state index contributed by atoms with van der Waals surface area (Å²) in [5.41, 5.74) is 5.21. The number of imidazole rings is 1. The lowest BCUT2D eigenvalue weighted by Crippen LogP contribution is -2.26. The van der Waals surface area contributed by atoms with Gasteiger partial charge < -0.3 is 0 Å². The van der Waals surface area contributed by atoms with E-state index in [-0.39, 0.29) is 5.69 Å². The molecule has 2 aromatic carbocycles. The van der Waals surface area contributed by atoms with Crippen molar-refractivity contribution in [1.82, 2.24) is 29.8 Å². The molecule has 0 amide bonds. The number of aromatic nitrogens is 6. The summed E-state index contributed by atoms with van der Waals surface area (Å²) >= 11 is 0. The first kappa shape index (κ1) is 20.8. The molecule has 160 valence electrons. The third kappa shape index (κ3) is 4.21. The fraction of sp³-hybridized carbons (Fsp3) is 0.333. The average molecular weight is 417 g/mol. The van der Waals surface area contributed by atoms with Gasteiger partial charge in [0.1, 0.15) is 0 Å². The molecule has 2 aromatic heterocycles. The summed E-state index contributed by atoms with van der Waals surface area (Å²) < 4.78 is 3.74. The summed E-state index contributed by atoms with van der Waals surface area (Å²) in [6.07, 6.45) is 3.94. The number of nitrogens with zero attached hydrogens (tertiary/aromatic N) is 5. The molecule has 0 aliphatic carbocycles. The third-order valence-corrected chi connectivity index (χ3v) is 5.77. The fourth-order valence-electron chi connectivity index (χ4n) is 3.92. The number of hydrogen-bond acceptors (Lipinski definition) is 4. The van der Waals surface area contributed by atoms with Crippen molar-refractivity contribution in [2.45, 2.75) is 52.6 Å². The number of H-pyrrole nitrogens is 1. The van der Waals surface area contributed by atoms with Gasteiger partial charge in [0.25, 0.3) is 0 Å². The molecule has 7 heteroatoms. The molecule has 0 bridgehead atoms. The van der Waals surface area contributed by atoms with Crippen LogP contribution in [0.3, 0.4) is 0 Å². The van der Waals surface area contributed by atoms with Gasteiger partial charge in [0.15, 0.2) is 5.82 Å². The largest absolute Gasteiger partial charge is 0.328 e. The van der Waals surface area contributed by atoms with E-state index in [0.29, 0.717) is 18.3 Å². The van der Waals surface area contributed by atoms with E-state index in [1.54, 1.807) is 0 Å². The SMILES string of the molecule is CCCn1cc(C(C)CC)n(Cc2ccc(-c3ccccc3)c(-c3nnn[nH]3)c2)c1=O. The molecule has 1 unspecified atom stereocenters. The van der Waals surface area contributed by atoms with Crippen LogP contribution < -0.4 is 5.69 Å². The number of benzene rings is 2. The van der Waals surface area contributed by atoms with Gasteiger partial charge in [-0.05, 0) is 51.9 Å². The molecule has 31 heavy (non-hydrogen) atoms. The van der Waals surface area contributed by atoms with Crippen molar-refractivity contribution >= 4 is 0 Å². The van der Waals surface area contributed by atoms with Crippen molar-refractivity contribution < 1.29 is 0 Å². The lowest BCUT2D eigenvalue weighted by atomic mass is 9.97. The summed E-state index contributed by atoms with van der Waals surface area (Å²) in [4.78, 5) is 13.1. The van der Waals surface area contributed by atoms with Crippen molar-refractivity contribution in [2.24, 2.45) is 0 Å². The standard InChI is InChI=1S/C24H28N6O/c1-4-13-29-16-22(17(3)5-2)30(24(29)31)15-18-11-12-20(19-9-7-6-8-10-19)21(14-18)23-25-27-28-26-23/h6-12,14,16-17H,4-5,13,15H2,1-3H3,(H,25,26,27,28). The Hall–Kier alpha value is -3.48. The number of aryl methyl sites for hydroxylation is 1. The van der Waals surface area contributed by atoms with E-state index in [2.05, 4.69) is 71.7 Å². The molecular weight excluding hydrogens is 388 g/mol. The fourth-order valence-corrected chi connectivity index (χ4v) is 3.92. The maximum absolute atomic E-state index is 13.1. The molecule has 0 aliphatic heterocycles. The van der Waals surface area contributed by atoms with Gasteiger partial charge in [0, 0.05) is 24.0 Å². The first-order chi connectivity index (χ1) is 15.1. The van der Waals surface area contributed by atoms with Crippen LogP contribution in [0.1, 0.15) is 50.8 Å². The molecule has 1 atom stereocenters. The molecule has 4 aromatic rings. The van der Waals surface area contributed by atoms with Crippen molar-refractivity contribution in [3.8, 4) is 22.5 Å². The van der Waals surface area contributed by atoms with Crippen LogP contribution in [0.15, 0.2) is 59.5 Å². The molecule has 7 nitrogen and oxygen atoms in total. The maximum atomic E-state index is 13.1. The Morgan fingerprint density at radius 1 is 1.06 bits per heavy atom. The van der Waals surface area contributed by atoms with Gasteiger partial charge in [0.2, 0.25) is 0 Å². The van der Waals surface area contributed by atoms with Crippen molar-refractivity contribution in [3.05, 3.63) is 76.5 Å². The van der Waals surface area contributed by atoms with E-state index in [1.165, 1.54) is 0 Å². The highest BCUT2D eigenvalue weighted by atomic mass is 16.1. The molecule has 4 rings (SSSR count). The molecule has 0 saturated heterocycles. The van der Waals surface area contributed by atoms with E-state index in [9.17, 15) is 4.79 Å². The van der Waals surface area contributed by atoms with Gasteiger partial charge in [0.05, 0.1) is 6.54 Å². The highest BCUT2D eigenvalue weighted by molar-refractivity contribution is 5.80. The van der Waals surface area contributed by atoms with Crippen LogP contribution in [-0.4, -0.2) is 29.8 Å². The summed E-state index contributed by atoms with van der Waals surface area (Å²) in [6.45, 7) is 7.66. The van der Waals surface area contributed by atoms with E-state index >= 15 is 0 Å². The Morgan fingerprint density at radius 3 is 2.55 bits per heavy atom. The zero-order chi connectivity index (χ0) is 21.8. The number of aromatic amines is 1. The minimum absolute atomic E-state index is 0.0483. The van der Waals surface area contributed by atoms with E-state index in [1.807, 2.05) is 33.5 Å². The minimum Gasteiger partial charge on any atom is -0.299 e. The van der Waals surface area contributed by atoms with Crippen LogP contribution in [0.5, 0.6) is 0 Å². The van der Waals surface area contributed by atoms with Gasteiger partial charge in [-0.2, -0.15) is 0 Å². The van der Waals surface area contributed by atoms with Gasteiger partial charge in [-0.25, -0.2) is 9.89 Å².